The van der Waals surface area contributed by atoms with E-state index in [4.69, 9.17) is 20.8 Å². The van der Waals surface area contributed by atoms with Crippen LogP contribution in [0.25, 0.3) is 22.3 Å². The van der Waals surface area contributed by atoms with Crippen molar-refractivity contribution >= 4 is 48.5 Å². The smallest absolute Gasteiger partial charge is 0.216 e. The van der Waals surface area contributed by atoms with Crippen LogP contribution in [0.2, 0.25) is 5.02 Å². The largest absolute Gasteiger partial charge is 0.490 e. The molecule has 0 bridgehead atoms. The van der Waals surface area contributed by atoms with E-state index < -0.39 is 10.0 Å². The number of sulfonamides is 1. The maximum absolute atomic E-state index is 12.7. The third-order valence-electron chi connectivity index (χ3n) is 5.92. The van der Waals surface area contributed by atoms with Gasteiger partial charge < -0.3 is 9.15 Å². The van der Waals surface area contributed by atoms with Gasteiger partial charge in [-0.15, -0.1) is 0 Å². The van der Waals surface area contributed by atoms with Gasteiger partial charge in [-0.25, -0.2) is 12.7 Å². The van der Waals surface area contributed by atoms with Gasteiger partial charge in [-0.05, 0) is 56.0 Å². The van der Waals surface area contributed by atoms with Gasteiger partial charge in [-0.2, -0.15) is 0 Å². The molecule has 0 atom stereocenters. The quantitative estimate of drug-likeness (QED) is 0.446. The number of hydrogen-bond acceptors (Lipinski definition) is 5. The van der Waals surface area contributed by atoms with Crippen molar-refractivity contribution in [2.24, 2.45) is 0 Å². The lowest BCUT2D eigenvalue weighted by Crippen LogP contribution is -2.43. The van der Waals surface area contributed by atoms with Gasteiger partial charge in [0.15, 0.2) is 11.0 Å². The highest BCUT2D eigenvalue weighted by molar-refractivity contribution is 9.10. The molecule has 2 aromatic carbocycles. The van der Waals surface area contributed by atoms with Gasteiger partial charge in [-0.1, -0.05) is 33.6 Å². The van der Waals surface area contributed by atoms with Crippen LogP contribution >= 0.6 is 27.5 Å². The zero-order valence-corrected chi connectivity index (χ0v) is 20.2. The molecule has 1 aromatic heterocycles. The fourth-order valence-electron chi connectivity index (χ4n) is 4.03. The van der Waals surface area contributed by atoms with Gasteiger partial charge in [0, 0.05) is 23.6 Å². The Morgan fingerprint density at radius 3 is 2.53 bits per heavy atom. The zero-order valence-electron chi connectivity index (χ0n) is 17.1. The van der Waals surface area contributed by atoms with E-state index in [-0.39, 0.29) is 16.8 Å². The molecule has 1 aliphatic heterocycles. The third kappa shape index (κ3) is 4.21. The molecule has 3 aromatic rings. The first-order chi connectivity index (χ1) is 15.3. The molecule has 1 saturated carbocycles. The second-order valence-corrected chi connectivity index (χ2v) is 11.7. The topological polar surface area (TPSA) is 76.8 Å². The molecule has 2 fully saturated rings. The number of rotatable bonds is 5. The number of halogens is 2. The van der Waals surface area contributed by atoms with E-state index >= 15 is 0 Å². The van der Waals surface area contributed by atoms with E-state index in [1.807, 2.05) is 18.2 Å². The van der Waals surface area contributed by atoms with E-state index in [9.17, 15) is 13.2 Å². The second kappa shape index (κ2) is 8.48. The van der Waals surface area contributed by atoms with Crippen LogP contribution in [0.15, 0.2) is 56.1 Å². The van der Waals surface area contributed by atoms with E-state index in [0.29, 0.717) is 59.0 Å². The Morgan fingerprint density at radius 2 is 1.81 bits per heavy atom. The highest BCUT2D eigenvalue weighted by Crippen LogP contribution is 2.37. The van der Waals surface area contributed by atoms with E-state index in [1.165, 1.54) is 6.07 Å². The highest BCUT2D eigenvalue weighted by Gasteiger charge is 2.41. The summed E-state index contributed by atoms with van der Waals surface area (Å²) < 4.78 is 39.7. The average Bonchev–Trinajstić information content (AvgIpc) is 3.61. The minimum Gasteiger partial charge on any atom is -0.490 e. The van der Waals surface area contributed by atoms with Crippen LogP contribution in [0.5, 0.6) is 5.75 Å². The molecule has 2 aliphatic rings. The molecule has 0 amide bonds. The first-order valence-corrected chi connectivity index (χ1v) is 13.2. The number of hydrogen-bond donors (Lipinski definition) is 0. The van der Waals surface area contributed by atoms with Gasteiger partial charge >= 0.3 is 0 Å². The van der Waals surface area contributed by atoms with Crippen LogP contribution in [0.1, 0.15) is 25.7 Å². The van der Waals surface area contributed by atoms with Crippen LogP contribution < -0.4 is 10.2 Å². The number of benzene rings is 2. The van der Waals surface area contributed by atoms with Crippen molar-refractivity contribution in [2.45, 2.75) is 37.0 Å². The summed E-state index contributed by atoms with van der Waals surface area (Å²) in [6, 6.07) is 12.0. The monoisotopic (exact) mass is 537 g/mol. The zero-order chi connectivity index (χ0) is 22.5. The third-order valence-corrected chi connectivity index (χ3v) is 9.11. The first kappa shape index (κ1) is 21.9. The Labute approximate surface area is 199 Å². The summed E-state index contributed by atoms with van der Waals surface area (Å²) in [6.45, 7) is 0.904. The molecule has 32 heavy (non-hydrogen) atoms. The fourth-order valence-corrected chi connectivity index (χ4v) is 6.46. The average molecular weight is 539 g/mol. The van der Waals surface area contributed by atoms with Gasteiger partial charge in [0.1, 0.15) is 17.6 Å². The Bertz CT molecular complexity index is 1340. The van der Waals surface area contributed by atoms with Crippen molar-refractivity contribution in [2.75, 3.05) is 13.1 Å². The predicted octanol–water partition coefficient (Wildman–Crippen LogP) is 5.21. The summed E-state index contributed by atoms with van der Waals surface area (Å²) in [5.41, 5.74) is 0.792. The molecular weight excluding hydrogens is 518 g/mol. The summed E-state index contributed by atoms with van der Waals surface area (Å²) in [5, 5.41) is 0.592. The lowest BCUT2D eigenvalue weighted by Gasteiger charge is -2.32. The van der Waals surface area contributed by atoms with Crippen LogP contribution in [-0.2, 0) is 10.0 Å². The molecule has 6 nitrogen and oxygen atoms in total. The van der Waals surface area contributed by atoms with Crippen molar-refractivity contribution in [1.29, 1.82) is 0 Å². The van der Waals surface area contributed by atoms with Crippen molar-refractivity contribution in [3.8, 4) is 17.1 Å². The Kier molecular flexibility index (Phi) is 5.82. The van der Waals surface area contributed by atoms with E-state index in [2.05, 4.69) is 15.9 Å². The normalized spacial score (nSPS) is 18.2. The molecule has 168 valence electrons. The predicted molar refractivity (Wildman–Crippen MR) is 128 cm³/mol. The molecule has 1 saturated heterocycles. The van der Waals surface area contributed by atoms with Gasteiger partial charge in [-0.3, -0.25) is 4.79 Å². The maximum atomic E-state index is 12.7. The van der Waals surface area contributed by atoms with Crippen LogP contribution in [0, 0.1) is 0 Å². The number of para-hydroxylation sites is 1. The molecule has 2 heterocycles. The molecule has 9 heteroatoms. The molecule has 5 rings (SSSR count). The SMILES string of the molecule is O=c1cc(-c2ccc(Br)cc2OC2CCN(S(=O)(=O)C3CC3)CC2)oc2c(Cl)cccc12. The number of piperidine rings is 1. The summed E-state index contributed by atoms with van der Waals surface area (Å²) in [4.78, 5) is 12.7. The highest BCUT2D eigenvalue weighted by atomic mass is 79.9. The Morgan fingerprint density at radius 1 is 1.06 bits per heavy atom. The van der Waals surface area contributed by atoms with Gasteiger partial charge in [0.2, 0.25) is 10.0 Å². The Balaban J connectivity index is 1.42. The summed E-state index contributed by atoms with van der Waals surface area (Å²) in [5.74, 6) is 0.935. The van der Waals surface area contributed by atoms with Crippen molar-refractivity contribution in [3.05, 3.63) is 62.2 Å². The summed E-state index contributed by atoms with van der Waals surface area (Å²) >= 11 is 9.74. The van der Waals surface area contributed by atoms with E-state index in [1.54, 1.807) is 22.5 Å². The minimum atomic E-state index is -3.16. The number of fused-ring (bicyclic) bond motifs is 1. The second-order valence-electron chi connectivity index (χ2n) is 8.19. The number of nitrogens with zero attached hydrogens (tertiary/aromatic N) is 1. The van der Waals surface area contributed by atoms with Crippen molar-refractivity contribution in [3.63, 3.8) is 0 Å². The molecule has 0 unspecified atom stereocenters. The van der Waals surface area contributed by atoms with Crippen LogP contribution in [0.4, 0.5) is 0 Å². The van der Waals surface area contributed by atoms with Crippen LogP contribution in [-0.4, -0.2) is 37.2 Å². The minimum absolute atomic E-state index is 0.135. The molecule has 0 radical (unpaired) electrons. The standard InChI is InChI=1S/C23H21BrClNO5S/c24-14-4-7-18(22-13-20(27)17-2-1-3-19(25)23(17)31-22)21(12-14)30-15-8-10-26(11-9-15)32(28,29)16-5-6-16/h1-4,7,12-13,15-16H,5-6,8-11H2. The Hall–Kier alpha value is -1.87. The summed E-state index contributed by atoms with van der Waals surface area (Å²) in [7, 11) is -3.16. The lowest BCUT2D eigenvalue weighted by molar-refractivity contribution is 0.135. The van der Waals surface area contributed by atoms with Crippen molar-refractivity contribution in [1.82, 2.24) is 4.31 Å². The summed E-state index contributed by atoms with van der Waals surface area (Å²) in [6.07, 6.45) is 2.60. The molecular formula is C23H21BrClNO5S. The number of ether oxygens (including phenoxy) is 1. The molecule has 1 aliphatic carbocycles. The van der Waals surface area contributed by atoms with Gasteiger partial charge in [0.05, 0.1) is 21.2 Å². The maximum Gasteiger partial charge on any atom is 0.216 e. The lowest BCUT2D eigenvalue weighted by atomic mass is 10.1. The molecule has 0 spiro atoms. The molecule has 0 N–H and O–H groups in total. The van der Waals surface area contributed by atoms with Crippen molar-refractivity contribution < 1.29 is 17.6 Å². The van der Waals surface area contributed by atoms with Gasteiger partial charge in [0.25, 0.3) is 0 Å². The first-order valence-electron chi connectivity index (χ1n) is 10.5. The van der Waals surface area contributed by atoms with Crippen LogP contribution in [0.3, 0.4) is 0 Å². The fraction of sp³-hybridized carbons (Fsp3) is 0.348. The van der Waals surface area contributed by atoms with E-state index in [0.717, 1.165) is 17.3 Å².